The van der Waals surface area contributed by atoms with Gasteiger partial charge in [0, 0.05) is 28.8 Å². The number of rotatable bonds is 8. The van der Waals surface area contributed by atoms with Crippen LogP contribution in [0.1, 0.15) is 28.8 Å². The first-order valence-corrected chi connectivity index (χ1v) is 8.44. The second-order valence-electron chi connectivity index (χ2n) is 5.66. The number of amides is 2. The van der Waals surface area contributed by atoms with E-state index in [0.717, 1.165) is 5.56 Å². The highest BCUT2D eigenvalue weighted by Gasteiger charge is 2.07. The molecule has 0 radical (unpaired) electrons. The molecule has 6 nitrogen and oxygen atoms in total. The molecule has 0 saturated heterocycles. The van der Waals surface area contributed by atoms with Crippen LogP contribution in [0.2, 0.25) is 5.02 Å². The van der Waals surface area contributed by atoms with Crippen molar-refractivity contribution in [3.05, 3.63) is 64.7 Å². The van der Waals surface area contributed by atoms with E-state index in [1.807, 2.05) is 0 Å². The second kappa shape index (κ2) is 9.58. The normalized spacial score (nSPS) is 10.2. The Morgan fingerprint density at radius 2 is 1.62 bits per heavy atom. The topological polar surface area (TPSA) is 98.3 Å². The van der Waals surface area contributed by atoms with Crippen LogP contribution in [0, 0.1) is 0 Å². The third-order valence-corrected chi connectivity index (χ3v) is 3.80. The van der Waals surface area contributed by atoms with Gasteiger partial charge < -0.3 is 20.5 Å². The van der Waals surface area contributed by atoms with E-state index < -0.39 is 5.97 Å². The number of carbonyl (C=O) groups excluding carboxylic acids is 3. The lowest BCUT2D eigenvalue weighted by Gasteiger charge is -2.08. The third-order valence-electron chi connectivity index (χ3n) is 3.55. The SMILES string of the molecule is O=C([O-])CCCNC(=O)c1ccc(NC(=O)Cc2ccc(Cl)cc2)cc1. The second-order valence-corrected chi connectivity index (χ2v) is 6.10. The molecule has 0 aliphatic heterocycles. The fraction of sp³-hybridized carbons (Fsp3) is 0.211. The van der Waals surface area contributed by atoms with Crippen LogP contribution in [0.25, 0.3) is 0 Å². The Hall–Kier alpha value is -2.86. The minimum absolute atomic E-state index is 0.0983. The van der Waals surface area contributed by atoms with Crippen LogP contribution in [-0.2, 0) is 16.0 Å². The largest absolute Gasteiger partial charge is 0.550 e. The summed E-state index contributed by atoms with van der Waals surface area (Å²) < 4.78 is 0. The summed E-state index contributed by atoms with van der Waals surface area (Å²) in [4.78, 5) is 34.3. The molecule has 0 fully saturated rings. The van der Waals surface area contributed by atoms with E-state index in [-0.39, 0.29) is 31.2 Å². The van der Waals surface area contributed by atoms with Gasteiger partial charge in [-0.15, -0.1) is 0 Å². The number of hydrogen-bond acceptors (Lipinski definition) is 4. The fourth-order valence-corrected chi connectivity index (χ4v) is 2.36. The number of anilines is 1. The summed E-state index contributed by atoms with van der Waals surface area (Å²) in [5.41, 5.74) is 1.85. The zero-order valence-electron chi connectivity index (χ0n) is 14.0. The zero-order chi connectivity index (χ0) is 18.9. The minimum Gasteiger partial charge on any atom is -0.550 e. The van der Waals surface area contributed by atoms with E-state index in [4.69, 9.17) is 11.6 Å². The Bertz CT molecular complexity index is 773. The molecule has 0 aliphatic carbocycles. The molecule has 0 spiro atoms. The predicted molar refractivity (Wildman–Crippen MR) is 96.8 cm³/mol. The molecule has 0 aromatic heterocycles. The van der Waals surface area contributed by atoms with Gasteiger partial charge in [0.2, 0.25) is 5.91 Å². The zero-order valence-corrected chi connectivity index (χ0v) is 14.7. The Balaban J connectivity index is 1.82. The summed E-state index contributed by atoms with van der Waals surface area (Å²) >= 11 is 5.81. The first-order valence-electron chi connectivity index (χ1n) is 8.06. The van der Waals surface area contributed by atoms with Crippen molar-refractivity contribution in [2.75, 3.05) is 11.9 Å². The predicted octanol–water partition coefficient (Wildman–Crippen LogP) is 1.78. The number of hydrogen-bond donors (Lipinski definition) is 2. The van der Waals surface area contributed by atoms with Gasteiger partial charge in [0.1, 0.15) is 0 Å². The van der Waals surface area contributed by atoms with Gasteiger partial charge in [-0.05, 0) is 54.8 Å². The third kappa shape index (κ3) is 6.57. The van der Waals surface area contributed by atoms with E-state index in [1.54, 1.807) is 48.5 Å². The summed E-state index contributed by atoms with van der Waals surface area (Å²) in [6.07, 6.45) is 0.434. The van der Waals surface area contributed by atoms with Gasteiger partial charge >= 0.3 is 0 Å². The fourth-order valence-electron chi connectivity index (χ4n) is 2.23. The molecule has 0 atom stereocenters. The summed E-state index contributed by atoms with van der Waals surface area (Å²) in [5, 5.41) is 16.3. The van der Waals surface area contributed by atoms with Gasteiger partial charge in [-0.25, -0.2) is 0 Å². The Labute approximate surface area is 156 Å². The minimum atomic E-state index is -1.14. The van der Waals surface area contributed by atoms with Crippen molar-refractivity contribution >= 4 is 35.1 Å². The van der Waals surface area contributed by atoms with Crippen molar-refractivity contribution in [1.82, 2.24) is 5.32 Å². The van der Waals surface area contributed by atoms with Crippen LogP contribution in [0.3, 0.4) is 0 Å². The molecular weight excluding hydrogens is 356 g/mol. The summed E-state index contributed by atoms with van der Waals surface area (Å²) in [6, 6.07) is 13.5. The lowest BCUT2D eigenvalue weighted by Crippen LogP contribution is -2.27. The number of halogens is 1. The van der Waals surface area contributed by atoms with Crippen molar-refractivity contribution in [1.29, 1.82) is 0 Å². The molecule has 2 N–H and O–H groups in total. The van der Waals surface area contributed by atoms with Gasteiger partial charge in [-0.1, -0.05) is 23.7 Å². The molecule has 2 aromatic carbocycles. The number of benzene rings is 2. The van der Waals surface area contributed by atoms with Crippen LogP contribution >= 0.6 is 11.6 Å². The van der Waals surface area contributed by atoms with Crippen molar-refractivity contribution < 1.29 is 19.5 Å². The molecule has 0 heterocycles. The smallest absolute Gasteiger partial charge is 0.251 e. The molecule has 136 valence electrons. The number of aliphatic carboxylic acids is 1. The van der Waals surface area contributed by atoms with Crippen molar-refractivity contribution in [3.63, 3.8) is 0 Å². The molecule has 2 rings (SSSR count). The monoisotopic (exact) mass is 373 g/mol. The van der Waals surface area contributed by atoms with Gasteiger partial charge in [-0.3, -0.25) is 9.59 Å². The van der Waals surface area contributed by atoms with Crippen molar-refractivity contribution in [2.24, 2.45) is 0 Å². The maximum atomic E-state index is 12.0. The molecule has 2 amide bonds. The number of carboxylic acid groups (broad SMARTS) is 1. The molecule has 0 aliphatic rings. The molecule has 0 saturated carbocycles. The van der Waals surface area contributed by atoms with Crippen LogP contribution in [0.5, 0.6) is 0 Å². The van der Waals surface area contributed by atoms with Crippen molar-refractivity contribution in [3.8, 4) is 0 Å². The maximum Gasteiger partial charge on any atom is 0.251 e. The standard InChI is InChI=1S/C19H19ClN2O4/c20-15-7-3-13(4-8-15)12-17(23)22-16-9-5-14(6-10-16)19(26)21-11-1-2-18(24)25/h3-10H,1-2,11-12H2,(H,21,26)(H,22,23)(H,24,25)/p-1. The van der Waals surface area contributed by atoms with Gasteiger partial charge in [-0.2, -0.15) is 0 Å². The van der Waals surface area contributed by atoms with Crippen LogP contribution < -0.4 is 15.7 Å². The van der Waals surface area contributed by atoms with E-state index in [0.29, 0.717) is 22.7 Å². The molecule has 2 aromatic rings. The van der Waals surface area contributed by atoms with Crippen LogP contribution in [-0.4, -0.2) is 24.3 Å². The number of nitrogens with one attached hydrogen (secondary N) is 2. The lowest BCUT2D eigenvalue weighted by atomic mass is 10.1. The highest BCUT2D eigenvalue weighted by atomic mass is 35.5. The molecular formula is C19H18ClN2O4-. The summed E-state index contributed by atoms with van der Waals surface area (Å²) in [6.45, 7) is 0.256. The van der Waals surface area contributed by atoms with Crippen molar-refractivity contribution in [2.45, 2.75) is 19.3 Å². The average molecular weight is 374 g/mol. The van der Waals surface area contributed by atoms with E-state index in [1.165, 1.54) is 0 Å². The Kier molecular flexibility index (Phi) is 7.17. The maximum absolute atomic E-state index is 12.0. The van der Waals surface area contributed by atoms with Gasteiger partial charge in [0.05, 0.1) is 6.42 Å². The highest BCUT2D eigenvalue weighted by molar-refractivity contribution is 6.30. The molecule has 0 unspecified atom stereocenters. The average Bonchev–Trinajstić information content (AvgIpc) is 2.61. The van der Waals surface area contributed by atoms with E-state index >= 15 is 0 Å². The van der Waals surface area contributed by atoms with E-state index in [9.17, 15) is 19.5 Å². The lowest BCUT2D eigenvalue weighted by molar-refractivity contribution is -0.305. The first-order chi connectivity index (χ1) is 12.4. The van der Waals surface area contributed by atoms with Crippen LogP contribution in [0.15, 0.2) is 48.5 Å². The number of carboxylic acids is 1. The van der Waals surface area contributed by atoms with E-state index in [2.05, 4.69) is 10.6 Å². The Morgan fingerprint density at radius 1 is 0.962 bits per heavy atom. The quantitative estimate of drug-likeness (QED) is 0.689. The summed E-state index contributed by atoms with van der Waals surface area (Å²) in [7, 11) is 0. The molecule has 0 bridgehead atoms. The number of carbonyl (C=O) groups is 3. The highest BCUT2D eigenvalue weighted by Crippen LogP contribution is 2.13. The molecule has 7 heteroatoms. The first kappa shape index (κ1) is 19.5. The van der Waals surface area contributed by atoms with Gasteiger partial charge in [0.25, 0.3) is 5.91 Å². The summed E-state index contributed by atoms with van der Waals surface area (Å²) in [5.74, 6) is -1.62. The Morgan fingerprint density at radius 3 is 2.23 bits per heavy atom. The van der Waals surface area contributed by atoms with Crippen LogP contribution in [0.4, 0.5) is 5.69 Å². The van der Waals surface area contributed by atoms with Gasteiger partial charge in [0.15, 0.2) is 0 Å². The molecule has 26 heavy (non-hydrogen) atoms.